The van der Waals surface area contributed by atoms with E-state index in [4.69, 9.17) is 14.0 Å². The second kappa shape index (κ2) is 7.75. The third-order valence-electron chi connectivity index (χ3n) is 3.95. The fourth-order valence-electron chi connectivity index (χ4n) is 2.69. The molecular weight excluding hydrogens is 368 g/mol. The molecule has 0 radical (unpaired) electrons. The molecule has 1 aromatic carbocycles. The van der Waals surface area contributed by atoms with Crippen molar-refractivity contribution < 1.29 is 18.8 Å². The molecular formula is C18H18N4O4S. The minimum absolute atomic E-state index is 0.0886. The van der Waals surface area contributed by atoms with E-state index in [1.54, 1.807) is 6.92 Å². The van der Waals surface area contributed by atoms with E-state index in [0.29, 0.717) is 55.1 Å². The first-order valence-corrected chi connectivity index (χ1v) is 9.50. The molecule has 1 aliphatic rings. The summed E-state index contributed by atoms with van der Waals surface area (Å²) < 4.78 is 16.2. The van der Waals surface area contributed by atoms with Crippen LogP contribution in [-0.2, 0) is 11.2 Å². The minimum Gasteiger partial charge on any atom is -0.486 e. The Hall–Kier alpha value is -2.94. The largest absolute Gasteiger partial charge is 0.486 e. The number of aryl methyl sites for hydroxylation is 2. The number of amides is 1. The Morgan fingerprint density at radius 3 is 2.89 bits per heavy atom. The maximum Gasteiger partial charge on any atom is 0.226 e. The van der Waals surface area contributed by atoms with Crippen molar-refractivity contribution in [1.82, 2.24) is 15.1 Å². The molecule has 140 valence electrons. The molecule has 0 atom stereocenters. The Kier molecular flexibility index (Phi) is 5.01. The predicted octanol–water partition coefficient (Wildman–Crippen LogP) is 3.23. The standard InChI is InChI=1S/C18H18N4O4S/c1-11-19-17(26-22-11)4-2-3-16(23)21-18-20-13(10-27-18)12-5-6-14-15(9-12)25-8-7-24-14/h5-6,9-10H,2-4,7-8H2,1H3,(H,20,21,23). The zero-order valence-electron chi connectivity index (χ0n) is 14.7. The molecule has 0 saturated heterocycles. The van der Waals surface area contributed by atoms with E-state index in [1.165, 1.54) is 11.3 Å². The van der Waals surface area contributed by atoms with Crippen LogP contribution in [0, 0.1) is 6.92 Å². The SMILES string of the molecule is Cc1noc(CCCC(=O)Nc2nc(-c3ccc4c(c3)OCCO4)cs2)n1. The number of benzene rings is 1. The number of hydrogen-bond acceptors (Lipinski definition) is 8. The normalized spacial score (nSPS) is 12.8. The summed E-state index contributed by atoms with van der Waals surface area (Å²) in [4.78, 5) is 20.7. The van der Waals surface area contributed by atoms with Crippen molar-refractivity contribution in [2.45, 2.75) is 26.2 Å². The number of carbonyl (C=O) groups is 1. The van der Waals surface area contributed by atoms with Crippen molar-refractivity contribution in [2.24, 2.45) is 0 Å². The summed E-state index contributed by atoms with van der Waals surface area (Å²) in [5.41, 5.74) is 1.70. The predicted molar refractivity (Wildman–Crippen MR) is 99.1 cm³/mol. The van der Waals surface area contributed by atoms with Gasteiger partial charge in [-0.2, -0.15) is 4.98 Å². The molecule has 0 unspecified atom stereocenters. The number of hydrogen-bond donors (Lipinski definition) is 1. The smallest absolute Gasteiger partial charge is 0.226 e. The highest BCUT2D eigenvalue weighted by atomic mass is 32.1. The van der Waals surface area contributed by atoms with Crippen LogP contribution in [-0.4, -0.2) is 34.2 Å². The minimum atomic E-state index is -0.0886. The maximum absolute atomic E-state index is 12.1. The summed E-state index contributed by atoms with van der Waals surface area (Å²) in [7, 11) is 0. The highest BCUT2D eigenvalue weighted by Gasteiger charge is 2.14. The van der Waals surface area contributed by atoms with Crippen molar-refractivity contribution >= 4 is 22.4 Å². The third kappa shape index (κ3) is 4.25. The number of anilines is 1. The Bertz CT molecular complexity index is 952. The van der Waals surface area contributed by atoms with Gasteiger partial charge in [-0.15, -0.1) is 11.3 Å². The molecule has 1 N–H and O–H groups in total. The van der Waals surface area contributed by atoms with E-state index in [0.717, 1.165) is 17.0 Å². The van der Waals surface area contributed by atoms with Crippen LogP contribution in [0.2, 0.25) is 0 Å². The number of carbonyl (C=O) groups excluding carboxylic acids is 1. The van der Waals surface area contributed by atoms with E-state index >= 15 is 0 Å². The van der Waals surface area contributed by atoms with Crippen molar-refractivity contribution in [3.8, 4) is 22.8 Å². The quantitative estimate of drug-likeness (QED) is 0.694. The van der Waals surface area contributed by atoms with Crippen LogP contribution in [0.1, 0.15) is 24.6 Å². The van der Waals surface area contributed by atoms with Crippen LogP contribution in [0.15, 0.2) is 28.1 Å². The van der Waals surface area contributed by atoms with E-state index < -0.39 is 0 Å². The lowest BCUT2D eigenvalue weighted by Crippen LogP contribution is -2.15. The van der Waals surface area contributed by atoms with Gasteiger partial charge in [0.05, 0.1) is 5.69 Å². The molecule has 1 aliphatic heterocycles. The molecule has 0 spiro atoms. The lowest BCUT2D eigenvalue weighted by molar-refractivity contribution is -0.116. The van der Waals surface area contributed by atoms with E-state index in [9.17, 15) is 4.79 Å². The first-order valence-electron chi connectivity index (χ1n) is 8.62. The summed E-state index contributed by atoms with van der Waals surface area (Å²) in [5.74, 6) is 2.52. The summed E-state index contributed by atoms with van der Waals surface area (Å²) in [6, 6.07) is 5.71. The summed E-state index contributed by atoms with van der Waals surface area (Å²) in [5, 5.41) is 9.03. The van der Waals surface area contributed by atoms with Gasteiger partial charge in [0.1, 0.15) is 13.2 Å². The number of rotatable bonds is 6. The lowest BCUT2D eigenvalue weighted by atomic mass is 10.1. The van der Waals surface area contributed by atoms with Gasteiger partial charge in [-0.1, -0.05) is 5.16 Å². The van der Waals surface area contributed by atoms with E-state index in [-0.39, 0.29) is 5.91 Å². The molecule has 0 aliphatic carbocycles. The molecule has 3 aromatic rings. The summed E-state index contributed by atoms with van der Waals surface area (Å²) in [6.45, 7) is 2.87. The van der Waals surface area contributed by atoms with Crippen LogP contribution >= 0.6 is 11.3 Å². The van der Waals surface area contributed by atoms with Gasteiger partial charge in [0.25, 0.3) is 0 Å². The second-order valence-corrected chi connectivity index (χ2v) is 6.89. The Balaban J connectivity index is 1.33. The average molecular weight is 386 g/mol. The van der Waals surface area contributed by atoms with Crippen molar-refractivity contribution in [1.29, 1.82) is 0 Å². The first-order chi connectivity index (χ1) is 13.2. The Labute approximate surface area is 159 Å². The summed E-state index contributed by atoms with van der Waals surface area (Å²) >= 11 is 1.39. The topological polar surface area (TPSA) is 99.4 Å². The number of ether oxygens (including phenoxy) is 2. The van der Waals surface area contributed by atoms with Crippen molar-refractivity contribution in [2.75, 3.05) is 18.5 Å². The van der Waals surface area contributed by atoms with Crippen LogP contribution in [0.4, 0.5) is 5.13 Å². The zero-order chi connectivity index (χ0) is 18.6. The zero-order valence-corrected chi connectivity index (χ0v) is 15.5. The second-order valence-electron chi connectivity index (χ2n) is 6.03. The van der Waals surface area contributed by atoms with Gasteiger partial charge in [-0.3, -0.25) is 4.79 Å². The fourth-order valence-corrected chi connectivity index (χ4v) is 3.43. The lowest BCUT2D eigenvalue weighted by Gasteiger charge is -2.18. The van der Waals surface area contributed by atoms with Crippen LogP contribution < -0.4 is 14.8 Å². The Morgan fingerprint density at radius 1 is 1.22 bits per heavy atom. The molecule has 27 heavy (non-hydrogen) atoms. The molecule has 0 fully saturated rings. The molecule has 0 saturated carbocycles. The Morgan fingerprint density at radius 2 is 2.07 bits per heavy atom. The van der Waals surface area contributed by atoms with E-state index in [1.807, 2.05) is 23.6 Å². The molecule has 9 heteroatoms. The van der Waals surface area contributed by atoms with Crippen molar-refractivity contribution in [3.63, 3.8) is 0 Å². The van der Waals surface area contributed by atoms with Crippen LogP contribution in [0.25, 0.3) is 11.3 Å². The molecule has 3 heterocycles. The third-order valence-corrected chi connectivity index (χ3v) is 4.71. The number of thiazole rings is 1. The van der Waals surface area contributed by atoms with Gasteiger partial charge in [0, 0.05) is 23.8 Å². The van der Waals surface area contributed by atoms with Gasteiger partial charge in [0.15, 0.2) is 22.5 Å². The van der Waals surface area contributed by atoms with Crippen LogP contribution in [0.5, 0.6) is 11.5 Å². The van der Waals surface area contributed by atoms with Crippen molar-refractivity contribution in [3.05, 3.63) is 35.3 Å². The van der Waals surface area contributed by atoms with Crippen LogP contribution in [0.3, 0.4) is 0 Å². The molecule has 2 aromatic heterocycles. The fraction of sp³-hybridized carbons (Fsp3) is 0.333. The van der Waals surface area contributed by atoms with Gasteiger partial charge in [-0.25, -0.2) is 4.98 Å². The number of fused-ring (bicyclic) bond motifs is 1. The van der Waals surface area contributed by atoms with E-state index in [2.05, 4.69) is 20.4 Å². The molecule has 4 rings (SSSR count). The first kappa shape index (κ1) is 17.5. The molecule has 1 amide bonds. The number of aromatic nitrogens is 3. The van der Waals surface area contributed by atoms with Gasteiger partial charge < -0.3 is 19.3 Å². The van der Waals surface area contributed by atoms with Gasteiger partial charge >= 0.3 is 0 Å². The number of nitrogens with one attached hydrogen (secondary N) is 1. The monoisotopic (exact) mass is 386 g/mol. The summed E-state index contributed by atoms with van der Waals surface area (Å²) in [6.07, 6.45) is 1.57. The average Bonchev–Trinajstić information content (AvgIpc) is 3.30. The van der Waals surface area contributed by atoms with Gasteiger partial charge in [-0.05, 0) is 31.5 Å². The maximum atomic E-state index is 12.1. The number of nitrogens with zero attached hydrogens (tertiary/aromatic N) is 3. The highest BCUT2D eigenvalue weighted by Crippen LogP contribution is 2.35. The highest BCUT2D eigenvalue weighted by molar-refractivity contribution is 7.14. The molecule has 0 bridgehead atoms. The molecule has 8 nitrogen and oxygen atoms in total. The van der Waals surface area contributed by atoms with Gasteiger partial charge in [0.2, 0.25) is 11.8 Å².